The lowest BCUT2D eigenvalue weighted by atomic mass is 9.96. The van der Waals surface area contributed by atoms with E-state index in [-0.39, 0.29) is 16.0 Å². The molecule has 1 rings (SSSR count). The first kappa shape index (κ1) is 12.0. The highest BCUT2D eigenvalue weighted by Gasteiger charge is 2.23. The topological polar surface area (TPSA) is 54.9 Å². The van der Waals surface area contributed by atoms with Crippen molar-refractivity contribution in [1.82, 2.24) is 10.2 Å². The normalized spacial score (nSPS) is 11.9. The Kier molecular flexibility index (Phi) is 3.33. The smallest absolute Gasteiger partial charge is 0.291 e. The van der Waals surface area contributed by atoms with Crippen LogP contribution in [0, 0.1) is 5.41 Å². The first-order valence-electron chi connectivity index (χ1n) is 4.23. The van der Waals surface area contributed by atoms with Gasteiger partial charge in [0, 0.05) is 5.41 Å². The highest BCUT2D eigenvalue weighted by atomic mass is 32.1. The van der Waals surface area contributed by atoms with Crippen molar-refractivity contribution in [3.8, 4) is 0 Å². The molecule has 0 bridgehead atoms. The molecule has 0 aliphatic heterocycles. The molecular formula is C8H11F2N3OS. The maximum atomic E-state index is 12.1. The van der Waals surface area contributed by atoms with Gasteiger partial charge >= 0.3 is 0 Å². The van der Waals surface area contributed by atoms with Gasteiger partial charge in [-0.3, -0.25) is 4.79 Å². The van der Waals surface area contributed by atoms with Crippen molar-refractivity contribution in [1.29, 1.82) is 0 Å². The summed E-state index contributed by atoms with van der Waals surface area (Å²) in [5, 5.41) is 8.84. The fourth-order valence-electron chi connectivity index (χ4n) is 0.658. The maximum absolute atomic E-state index is 12.1. The number of carbonyl (C=O) groups excluding carboxylic acids is 1. The van der Waals surface area contributed by atoms with Crippen molar-refractivity contribution in [3.05, 3.63) is 5.01 Å². The summed E-state index contributed by atoms with van der Waals surface area (Å²) in [4.78, 5) is 11.5. The van der Waals surface area contributed by atoms with Gasteiger partial charge in [0.1, 0.15) is 0 Å². The monoisotopic (exact) mass is 235 g/mol. The van der Waals surface area contributed by atoms with Crippen LogP contribution in [0.4, 0.5) is 13.9 Å². The summed E-state index contributed by atoms with van der Waals surface area (Å²) < 4.78 is 24.3. The Morgan fingerprint density at radius 2 is 2.00 bits per heavy atom. The Labute approximate surface area is 89.7 Å². The molecule has 0 saturated heterocycles. The summed E-state index contributed by atoms with van der Waals surface area (Å²) in [6.45, 7) is 5.16. The van der Waals surface area contributed by atoms with E-state index < -0.39 is 11.8 Å². The van der Waals surface area contributed by atoms with Crippen molar-refractivity contribution in [3.63, 3.8) is 0 Å². The van der Waals surface area contributed by atoms with Gasteiger partial charge < -0.3 is 5.32 Å². The molecule has 15 heavy (non-hydrogen) atoms. The fourth-order valence-corrected chi connectivity index (χ4v) is 1.25. The summed E-state index contributed by atoms with van der Waals surface area (Å²) in [6.07, 6.45) is -2.65. The third-order valence-corrected chi connectivity index (χ3v) is 2.37. The van der Waals surface area contributed by atoms with Crippen molar-refractivity contribution in [2.45, 2.75) is 27.2 Å². The van der Waals surface area contributed by atoms with Gasteiger partial charge in [-0.1, -0.05) is 32.1 Å². The lowest BCUT2D eigenvalue weighted by Gasteiger charge is -2.15. The van der Waals surface area contributed by atoms with Gasteiger partial charge in [0.2, 0.25) is 11.0 Å². The van der Waals surface area contributed by atoms with Crippen molar-refractivity contribution in [2.24, 2.45) is 5.41 Å². The second kappa shape index (κ2) is 4.18. The number of anilines is 1. The van der Waals surface area contributed by atoms with E-state index in [9.17, 15) is 13.6 Å². The van der Waals surface area contributed by atoms with Crippen molar-refractivity contribution >= 4 is 22.4 Å². The number of halogens is 2. The predicted octanol–water partition coefficient (Wildman–Crippen LogP) is 2.46. The molecule has 1 amide bonds. The summed E-state index contributed by atoms with van der Waals surface area (Å²) in [6, 6.07) is 0. The molecule has 0 aromatic carbocycles. The minimum absolute atomic E-state index is 0.102. The maximum Gasteiger partial charge on any atom is 0.291 e. The molecule has 4 nitrogen and oxygen atoms in total. The predicted molar refractivity (Wildman–Crippen MR) is 53.0 cm³/mol. The number of hydrogen-bond donors (Lipinski definition) is 1. The highest BCUT2D eigenvalue weighted by Crippen LogP contribution is 2.26. The van der Waals surface area contributed by atoms with Gasteiger partial charge in [-0.25, -0.2) is 8.78 Å². The molecule has 0 spiro atoms. The molecular weight excluding hydrogens is 224 g/mol. The van der Waals surface area contributed by atoms with E-state index >= 15 is 0 Å². The highest BCUT2D eigenvalue weighted by molar-refractivity contribution is 7.15. The van der Waals surface area contributed by atoms with Crippen LogP contribution in [-0.2, 0) is 4.79 Å². The van der Waals surface area contributed by atoms with Gasteiger partial charge in [-0.05, 0) is 0 Å². The lowest BCUT2D eigenvalue weighted by Crippen LogP contribution is -2.27. The van der Waals surface area contributed by atoms with E-state index in [0.29, 0.717) is 11.3 Å². The van der Waals surface area contributed by atoms with Crippen LogP contribution in [0.2, 0.25) is 0 Å². The summed E-state index contributed by atoms with van der Waals surface area (Å²) in [5.74, 6) is -0.278. The van der Waals surface area contributed by atoms with E-state index in [1.54, 1.807) is 20.8 Å². The molecule has 0 atom stereocenters. The average molecular weight is 235 g/mol. The molecule has 0 saturated carbocycles. The molecule has 0 fully saturated rings. The van der Waals surface area contributed by atoms with Gasteiger partial charge in [-0.2, -0.15) is 0 Å². The number of nitrogens with one attached hydrogen (secondary N) is 1. The Balaban J connectivity index is 2.70. The fraction of sp³-hybridized carbons (Fsp3) is 0.625. The molecule has 0 aliphatic rings. The van der Waals surface area contributed by atoms with Crippen LogP contribution >= 0.6 is 11.3 Å². The van der Waals surface area contributed by atoms with Crippen LogP contribution in [0.3, 0.4) is 0 Å². The van der Waals surface area contributed by atoms with Crippen LogP contribution in [0.5, 0.6) is 0 Å². The van der Waals surface area contributed by atoms with Crippen LogP contribution in [0.1, 0.15) is 32.2 Å². The molecule has 0 radical (unpaired) electrons. The SMILES string of the molecule is CC(C)(C)C(=O)Nc1nnc(C(F)F)s1. The zero-order valence-corrected chi connectivity index (χ0v) is 9.36. The number of alkyl halides is 2. The molecule has 7 heteroatoms. The van der Waals surface area contributed by atoms with Crippen LogP contribution in [0.25, 0.3) is 0 Å². The molecule has 0 unspecified atom stereocenters. The molecule has 1 aromatic heterocycles. The van der Waals surface area contributed by atoms with Gasteiger partial charge in [0.05, 0.1) is 0 Å². The Bertz CT molecular complexity index is 359. The van der Waals surface area contributed by atoms with Gasteiger partial charge in [-0.15, -0.1) is 10.2 Å². The third kappa shape index (κ3) is 3.19. The zero-order chi connectivity index (χ0) is 11.6. The molecule has 1 aromatic rings. The second-order valence-corrected chi connectivity index (χ2v) is 4.96. The number of aromatic nitrogens is 2. The number of carbonyl (C=O) groups is 1. The van der Waals surface area contributed by atoms with E-state index in [4.69, 9.17) is 0 Å². The van der Waals surface area contributed by atoms with Crippen molar-refractivity contribution < 1.29 is 13.6 Å². The minimum atomic E-state index is -2.65. The Morgan fingerprint density at radius 3 is 2.40 bits per heavy atom. The van der Waals surface area contributed by atoms with Gasteiger partial charge in [0.15, 0.2) is 5.01 Å². The first-order chi connectivity index (χ1) is 6.80. The number of hydrogen-bond acceptors (Lipinski definition) is 4. The third-order valence-electron chi connectivity index (χ3n) is 1.53. The summed E-state index contributed by atoms with van der Waals surface area (Å²) in [5.41, 5.74) is -0.587. The quantitative estimate of drug-likeness (QED) is 0.856. The number of amides is 1. The standard InChI is InChI=1S/C8H11F2N3OS/c1-8(2,3)6(14)11-7-13-12-5(15-7)4(9)10/h4H,1-3H3,(H,11,13,14). The van der Waals surface area contributed by atoms with Crippen LogP contribution in [-0.4, -0.2) is 16.1 Å². The summed E-state index contributed by atoms with van der Waals surface area (Å²) in [7, 11) is 0. The molecule has 0 aliphatic carbocycles. The van der Waals surface area contributed by atoms with Gasteiger partial charge in [0.25, 0.3) is 6.43 Å². The number of rotatable bonds is 2. The molecule has 84 valence electrons. The van der Waals surface area contributed by atoms with Crippen LogP contribution < -0.4 is 5.32 Å². The first-order valence-corrected chi connectivity index (χ1v) is 5.05. The van der Waals surface area contributed by atoms with Crippen molar-refractivity contribution in [2.75, 3.05) is 5.32 Å². The Morgan fingerprint density at radius 1 is 1.40 bits per heavy atom. The lowest BCUT2D eigenvalue weighted by molar-refractivity contribution is -0.123. The largest absolute Gasteiger partial charge is 0.300 e. The molecule has 1 N–H and O–H groups in total. The second-order valence-electron chi connectivity index (χ2n) is 3.95. The van der Waals surface area contributed by atoms with E-state index in [2.05, 4.69) is 15.5 Å². The Hall–Kier alpha value is -1.11. The minimum Gasteiger partial charge on any atom is -0.300 e. The van der Waals surface area contributed by atoms with E-state index in [1.807, 2.05) is 0 Å². The average Bonchev–Trinajstić information content (AvgIpc) is 2.50. The summed E-state index contributed by atoms with van der Waals surface area (Å²) >= 11 is 0.681. The van der Waals surface area contributed by atoms with Crippen LogP contribution in [0.15, 0.2) is 0 Å². The van der Waals surface area contributed by atoms with E-state index in [0.717, 1.165) is 0 Å². The van der Waals surface area contributed by atoms with E-state index in [1.165, 1.54) is 0 Å². The number of nitrogens with zero attached hydrogens (tertiary/aromatic N) is 2. The zero-order valence-electron chi connectivity index (χ0n) is 8.54. The molecule has 1 heterocycles.